The van der Waals surface area contributed by atoms with Gasteiger partial charge in [0.2, 0.25) is 0 Å². The molecule has 0 saturated heterocycles. The molecule has 4 heteroatoms. The monoisotopic (exact) mass is 323 g/mol. The second-order valence-corrected chi connectivity index (χ2v) is 6.76. The Labute approximate surface area is 120 Å². The fourth-order valence-corrected chi connectivity index (χ4v) is 3.88. The maximum Gasteiger partial charge on any atom is 0.417 e. The van der Waals surface area contributed by atoms with Crippen molar-refractivity contribution in [2.45, 2.75) is 43.9 Å². The van der Waals surface area contributed by atoms with Crippen molar-refractivity contribution in [3.05, 3.63) is 34.3 Å². The Morgan fingerprint density at radius 1 is 1.32 bits per heavy atom. The summed E-state index contributed by atoms with van der Waals surface area (Å²) >= 11 is 3.87. The molecular weight excluding hydrogens is 306 g/mol. The lowest BCUT2D eigenvalue weighted by Gasteiger charge is -2.38. The normalized spacial score (nSPS) is 20.5. The van der Waals surface area contributed by atoms with Gasteiger partial charge < -0.3 is 4.42 Å². The van der Waals surface area contributed by atoms with Crippen LogP contribution in [0.4, 0.5) is 0 Å². The third kappa shape index (κ3) is 2.38. The average Bonchev–Trinajstić information content (AvgIpc) is 2.77. The number of aromatic nitrogens is 1. The molecule has 0 radical (unpaired) electrons. The molecule has 0 bridgehead atoms. The molecule has 19 heavy (non-hydrogen) atoms. The molecule has 0 aliphatic heterocycles. The summed E-state index contributed by atoms with van der Waals surface area (Å²) in [6.45, 7) is 2.35. The molecule has 1 aromatic heterocycles. The smallest absolute Gasteiger partial charge is 0.408 e. The Morgan fingerprint density at radius 2 is 2.05 bits per heavy atom. The third-order valence-corrected chi connectivity index (χ3v) is 5.98. The summed E-state index contributed by atoms with van der Waals surface area (Å²) in [5.74, 6) is -0.387. The lowest BCUT2D eigenvalue weighted by atomic mass is 9.72. The van der Waals surface area contributed by atoms with Gasteiger partial charge in [-0.05, 0) is 36.0 Å². The van der Waals surface area contributed by atoms with Crippen molar-refractivity contribution in [3.63, 3.8) is 0 Å². The standard InChI is InChI=1S/C15H18BrNO2/c1-15(7-3-2-4-8-15)13(16)10-5-6-11-12(9-10)19-14(18)17-11/h5-6,9,13H,2-4,7-8H2,1H3,(H,17,18). The summed E-state index contributed by atoms with van der Waals surface area (Å²) in [6.07, 6.45) is 6.46. The number of benzene rings is 1. The van der Waals surface area contributed by atoms with E-state index in [2.05, 4.69) is 33.9 Å². The van der Waals surface area contributed by atoms with Gasteiger partial charge in [-0.3, -0.25) is 4.98 Å². The summed E-state index contributed by atoms with van der Waals surface area (Å²) in [5.41, 5.74) is 2.90. The van der Waals surface area contributed by atoms with Crippen LogP contribution in [0.15, 0.2) is 27.4 Å². The number of H-pyrrole nitrogens is 1. The number of alkyl halides is 1. The van der Waals surface area contributed by atoms with Crippen LogP contribution in [0.1, 0.15) is 49.4 Å². The highest BCUT2D eigenvalue weighted by atomic mass is 79.9. The van der Waals surface area contributed by atoms with Crippen LogP contribution in [0, 0.1) is 5.41 Å². The van der Waals surface area contributed by atoms with Crippen LogP contribution >= 0.6 is 15.9 Å². The molecule has 102 valence electrons. The zero-order chi connectivity index (χ0) is 13.5. The van der Waals surface area contributed by atoms with Gasteiger partial charge in [-0.1, -0.05) is 48.2 Å². The van der Waals surface area contributed by atoms with Crippen LogP contribution < -0.4 is 5.76 Å². The first kappa shape index (κ1) is 13.0. The van der Waals surface area contributed by atoms with Gasteiger partial charge in [0.1, 0.15) is 0 Å². The van der Waals surface area contributed by atoms with E-state index in [0.717, 1.165) is 5.52 Å². The Hall–Kier alpha value is -1.03. The molecule has 0 spiro atoms. The summed E-state index contributed by atoms with van der Waals surface area (Å²) in [5, 5.41) is 0. The van der Waals surface area contributed by atoms with Crippen LogP contribution in [-0.4, -0.2) is 4.98 Å². The molecule has 1 aromatic carbocycles. The molecule has 1 aliphatic rings. The summed E-state index contributed by atoms with van der Waals surface area (Å²) < 4.78 is 5.15. The number of fused-ring (bicyclic) bond motifs is 1. The fourth-order valence-electron chi connectivity index (χ4n) is 3.13. The summed E-state index contributed by atoms with van der Waals surface area (Å²) in [6, 6.07) is 5.98. The molecule has 1 fully saturated rings. The van der Waals surface area contributed by atoms with Gasteiger partial charge in [-0.15, -0.1) is 0 Å². The molecule has 1 atom stereocenters. The predicted molar refractivity (Wildman–Crippen MR) is 79.7 cm³/mol. The van der Waals surface area contributed by atoms with E-state index in [1.807, 2.05) is 12.1 Å². The number of nitrogens with one attached hydrogen (secondary N) is 1. The highest BCUT2D eigenvalue weighted by Crippen LogP contribution is 2.50. The van der Waals surface area contributed by atoms with E-state index in [9.17, 15) is 4.79 Å². The second kappa shape index (κ2) is 4.82. The minimum Gasteiger partial charge on any atom is -0.408 e. The molecule has 1 aliphatic carbocycles. The van der Waals surface area contributed by atoms with Gasteiger partial charge in [-0.25, -0.2) is 4.79 Å². The first-order valence-electron chi connectivity index (χ1n) is 6.85. The largest absolute Gasteiger partial charge is 0.417 e. The third-order valence-electron chi connectivity index (χ3n) is 4.35. The molecule has 1 heterocycles. The fraction of sp³-hybridized carbons (Fsp3) is 0.533. The number of rotatable bonds is 2. The molecule has 3 rings (SSSR count). The van der Waals surface area contributed by atoms with E-state index < -0.39 is 0 Å². The van der Waals surface area contributed by atoms with Crippen molar-refractivity contribution in [1.29, 1.82) is 0 Å². The van der Waals surface area contributed by atoms with E-state index >= 15 is 0 Å². The predicted octanol–water partition coefficient (Wildman–Crippen LogP) is 4.53. The zero-order valence-corrected chi connectivity index (χ0v) is 12.6. The number of halogens is 1. The topological polar surface area (TPSA) is 46.0 Å². The number of oxazole rings is 1. The molecule has 2 aromatic rings. The second-order valence-electron chi connectivity index (χ2n) is 5.85. The highest BCUT2D eigenvalue weighted by Gasteiger charge is 2.34. The number of hydrogen-bond acceptors (Lipinski definition) is 2. The minimum absolute atomic E-state index is 0.294. The zero-order valence-electron chi connectivity index (χ0n) is 11.0. The van der Waals surface area contributed by atoms with E-state index in [0.29, 0.717) is 15.8 Å². The maximum absolute atomic E-state index is 11.2. The Balaban J connectivity index is 1.96. The average molecular weight is 324 g/mol. The highest BCUT2D eigenvalue weighted by molar-refractivity contribution is 9.09. The van der Waals surface area contributed by atoms with Crippen molar-refractivity contribution in [3.8, 4) is 0 Å². The van der Waals surface area contributed by atoms with Crippen molar-refractivity contribution < 1.29 is 4.42 Å². The minimum atomic E-state index is -0.387. The quantitative estimate of drug-likeness (QED) is 0.825. The van der Waals surface area contributed by atoms with Crippen LogP contribution in [0.3, 0.4) is 0 Å². The van der Waals surface area contributed by atoms with Gasteiger partial charge in [0.05, 0.1) is 5.52 Å². The molecule has 1 unspecified atom stereocenters. The van der Waals surface area contributed by atoms with Crippen LogP contribution in [0.25, 0.3) is 11.1 Å². The lowest BCUT2D eigenvalue weighted by molar-refractivity contribution is 0.213. The molecule has 1 saturated carbocycles. The molecular formula is C15H18BrNO2. The Bertz CT molecular complexity index is 637. The van der Waals surface area contributed by atoms with Gasteiger partial charge in [0, 0.05) is 4.83 Å². The number of aromatic amines is 1. The first-order valence-corrected chi connectivity index (χ1v) is 7.77. The van der Waals surface area contributed by atoms with E-state index in [-0.39, 0.29) is 5.76 Å². The summed E-state index contributed by atoms with van der Waals surface area (Å²) in [4.78, 5) is 14.2. The lowest BCUT2D eigenvalue weighted by Crippen LogP contribution is -2.25. The van der Waals surface area contributed by atoms with E-state index in [1.54, 1.807) is 0 Å². The van der Waals surface area contributed by atoms with E-state index in [1.165, 1.54) is 37.7 Å². The Kier molecular flexibility index (Phi) is 3.29. The van der Waals surface area contributed by atoms with Gasteiger partial charge in [0.15, 0.2) is 5.58 Å². The molecule has 1 N–H and O–H groups in total. The first-order chi connectivity index (χ1) is 9.08. The van der Waals surface area contributed by atoms with E-state index in [4.69, 9.17) is 4.42 Å². The van der Waals surface area contributed by atoms with Gasteiger partial charge >= 0.3 is 5.76 Å². The Morgan fingerprint density at radius 3 is 2.79 bits per heavy atom. The van der Waals surface area contributed by atoms with Crippen LogP contribution in [0.2, 0.25) is 0 Å². The van der Waals surface area contributed by atoms with Crippen molar-refractivity contribution in [1.82, 2.24) is 4.98 Å². The summed E-state index contributed by atoms with van der Waals surface area (Å²) in [7, 11) is 0. The molecule has 0 amide bonds. The SMILES string of the molecule is CC1(C(Br)c2ccc3[nH]c(=O)oc3c2)CCCCC1. The van der Waals surface area contributed by atoms with Crippen molar-refractivity contribution in [2.75, 3.05) is 0 Å². The maximum atomic E-state index is 11.2. The van der Waals surface area contributed by atoms with Crippen molar-refractivity contribution >= 4 is 27.0 Å². The van der Waals surface area contributed by atoms with Crippen molar-refractivity contribution in [2.24, 2.45) is 5.41 Å². The van der Waals surface area contributed by atoms with Gasteiger partial charge in [-0.2, -0.15) is 0 Å². The van der Waals surface area contributed by atoms with Crippen LogP contribution in [-0.2, 0) is 0 Å². The van der Waals surface area contributed by atoms with Gasteiger partial charge in [0.25, 0.3) is 0 Å². The van der Waals surface area contributed by atoms with Crippen LogP contribution in [0.5, 0.6) is 0 Å². The molecule has 3 nitrogen and oxygen atoms in total. The number of hydrogen-bond donors (Lipinski definition) is 1.